The lowest BCUT2D eigenvalue weighted by atomic mass is 10.1. The molecule has 0 saturated carbocycles. The number of benzene rings is 1. The van der Waals surface area contributed by atoms with Crippen molar-refractivity contribution < 1.29 is 18.7 Å². The minimum atomic E-state index is -2.00. The molecule has 0 fully saturated rings. The van der Waals surface area contributed by atoms with E-state index in [0.717, 1.165) is 11.8 Å². The summed E-state index contributed by atoms with van der Waals surface area (Å²) < 4.78 is 17.4. The van der Waals surface area contributed by atoms with Crippen molar-refractivity contribution in [3.8, 4) is 17.2 Å². The molecule has 0 bridgehead atoms. The molecule has 0 radical (unpaired) electrons. The molecule has 1 aromatic rings. The molecule has 4 nitrogen and oxygen atoms in total. The topological polar surface area (TPSA) is 44.8 Å². The van der Waals surface area contributed by atoms with E-state index in [9.17, 15) is 4.79 Å². The number of carbonyl (C=O) groups is 1. The number of methoxy groups -OCH3 is 2. The summed E-state index contributed by atoms with van der Waals surface area (Å²) in [5.41, 5.74) is 1.00. The smallest absolute Gasteiger partial charge is 0.250 e. The number of hydrogen-bond acceptors (Lipinski definition) is 4. The normalized spacial score (nSPS) is 12.0. The maximum Gasteiger partial charge on any atom is 0.250 e. The van der Waals surface area contributed by atoms with E-state index in [4.69, 9.17) is 13.9 Å². The number of hydrogen-bond donors (Lipinski definition) is 0. The maximum atomic E-state index is 10.6. The minimum absolute atomic E-state index is 0.0826. The summed E-state index contributed by atoms with van der Waals surface area (Å²) in [6.07, 6.45) is 2.06. The van der Waals surface area contributed by atoms with Crippen molar-refractivity contribution in [3.63, 3.8) is 0 Å². The zero-order valence-electron chi connectivity index (χ0n) is 14.8. The first-order valence-electron chi connectivity index (χ1n) is 7.54. The molecule has 0 saturated heterocycles. The van der Waals surface area contributed by atoms with E-state index in [1.54, 1.807) is 14.2 Å². The fourth-order valence-corrected chi connectivity index (χ4v) is 2.83. The summed E-state index contributed by atoms with van der Waals surface area (Å²) in [6.45, 7) is 10.9. The van der Waals surface area contributed by atoms with Crippen LogP contribution < -0.4 is 13.9 Å². The van der Waals surface area contributed by atoms with Gasteiger partial charge in [-0.2, -0.15) is 0 Å². The van der Waals surface area contributed by atoms with Crippen LogP contribution in [0.5, 0.6) is 17.2 Å². The van der Waals surface area contributed by atoms with Crippen molar-refractivity contribution in [2.45, 2.75) is 51.7 Å². The summed E-state index contributed by atoms with van der Waals surface area (Å²) in [5, 5.41) is 0.0826. The van der Waals surface area contributed by atoms with Gasteiger partial charge in [0.05, 0.1) is 14.2 Å². The third kappa shape index (κ3) is 4.26. The molecule has 0 heterocycles. The fourth-order valence-electron chi connectivity index (χ4n) is 1.81. The second-order valence-corrected chi connectivity index (χ2v) is 11.6. The van der Waals surface area contributed by atoms with E-state index in [1.165, 1.54) is 0 Å². The largest absolute Gasteiger partial charge is 0.539 e. The van der Waals surface area contributed by atoms with Gasteiger partial charge in [0.25, 0.3) is 8.32 Å². The Morgan fingerprint density at radius 2 is 1.59 bits per heavy atom. The summed E-state index contributed by atoms with van der Waals surface area (Å²) in [4.78, 5) is 10.6. The van der Waals surface area contributed by atoms with Gasteiger partial charge in [-0.3, -0.25) is 0 Å². The number of ether oxygens (including phenoxy) is 2. The van der Waals surface area contributed by atoms with Gasteiger partial charge in [-0.25, -0.2) is 0 Å². The standard InChI is InChI=1S/C17H28O4Si/c1-17(2,3)22(6,7)21-16-14(19-4)11-13(9-8-10-18)12-15(16)20-5/h10-12H,8-9H2,1-7H3. The Balaban J connectivity index is 3.25. The van der Waals surface area contributed by atoms with Gasteiger partial charge >= 0.3 is 0 Å². The van der Waals surface area contributed by atoms with Gasteiger partial charge in [0.2, 0.25) is 0 Å². The highest BCUT2D eigenvalue weighted by Crippen LogP contribution is 2.44. The van der Waals surface area contributed by atoms with Gasteiger partial charge in [-0.05, 0) is 42.2 Å². The van der Waals surface area contributed by atoms with E-state index >= 15 is 0 Å². The molecule has 0 aliphatic heterocycles. The molecule has 0 spiro atoms. The van der Waals surface area contributed by atoms with Crippen LogP contribution in [0.2, 0.25) is 18.1 Å². The minimum Gasteiger partial charge on any atom is -0.539 e. The third-order valence-electron chi connectivity index (χ3n) is 4.23. The summed E-state index contributed by atoms with van der Waals surface area (Å²) >= 11 is 0. The van der Waals surface area contributed by atoms with Crippen LogP contribution in [0.3, 0.4) is 0 Å². The average molecular weight is 324 g/mol. The van der Waals surface area contributed by atoms with Crippen molar-refractivity contribution in [1.29, 1.82) is 0 Å². The predicted molar refractivity (Wildman–Crippen MR) is 91.8 cm³/mol. The molecule has 0 aromatic heterocycles. The molecular formula is C17H28O4Si. The van der Waals surface area contributed by atoms with Crippen molar-refractivity contribution >= 4 is 14.6 Å². The van der Waals surface area contributed by atoms with Gasteiger partial charge in [-0.1, -0.05) is 20.8 Å². The number of aryl methyl sites for hydroxylation is 1. The van der Waals surface area contributed by atoms with Crippen LogP contribution in [0.25, 0.3) is 0 Å². The molecule has 0 aliphatic carbocycles. The highest BCUT2D eigenvalue weighted by Gasteiger charge is 2.40. The van der Waals surface area contributed by atoms with Gasteiger partial charge in [0.1, 0.15) is 6.29 Å². The Morgan fingerprint density at radius 1 is 1.09 bits per heavy atom. The first kappa shape index (κ1) is 18.6. The van der Waals surface area contributed by atoms with Crippen LogP contribution in [0, 0.1) is 0 Å². The van der Waals surface area contributed by atoms with Crippen molar-refractivity contribution in [2.24, 2.45) is 0 Å². The van der Waals surface area contributed by atoms with Crippen molar-refractivity contribution in [3.05, 3.63) is 17.7 Å². The molecule has 5 heteroatoms. The average Bonchev–Trinajstić information content (AvgIpc) is 2.44. The van der Waals surface area contributed by atoms with Crippen molar-refractivity contribution in [1.82, 2.24) is 0 Å². The Labute approximate surface area is 134 Å². The van der Waals surface area contributed by atoms with Crippen LogP contribution >= 0.6 is 0 Å². The van der Waals surface area contributed by atoms with Gasteiger partial charge in [0, 0.05) is 6.42 Å². The molecule has 0 unspecified atom stereocenters. The lowest BCUT2D eigenvalue weighted by Crippen LogP contribution is -2.44. The van der Waals surface area contributed by atoms with Gasteiger partial charge in [-0.15, -0.1) is 0 Å². The highest BCUT2D eigenvalue weighted by molar-refractivity contribution is 6.74. The van der Waals surface area contributed by atoms with Crippen LogP contribution in [0.4, 0.5) is 0 Å². The predicted octanol–water partition coefficient (Wildman–Crippen LogP) is 4.22. The Morgan fingerprint density at radius 3 is 1.95 bits per heavy atom. The van der Waals surface area contributed by atoms with Gasteiger partial charge < -0.3 is 18.7 Å². The highest BCUT2D eigenvalue weighted by atomic mass is 28.4. The Bertz CT molecular complexity index is 493. The number of carbonyl (C=O) groups excluding carboxylic acids is 1. The molecule has 0 aliphatic rings. The quantitative estimate of drug-likeness (QED) is 0.556. The summed E-state index contributed by atoms with van der Waals surface area (Å²) in [5.74, 6) is 1.97. The van der Waals surface area contributed by atoms with Crippen molar-refractivity contribution in [2.75, 3.05) is 14.2 Å². The molecule has 0 amide bonds. The summed E-state index contributed by atoms with van der Waals surface area (Å²) in [6, 6.07) is 3.85. The molecular weight excluding hydrogens is 296 g/mol. The molecule has 0 atom stereocenters. The molecule has 22 heavy (non-hydrogen) atoms. The van der Waals surface area contributed by atoms with Crippen LogP contribution in [0.15, 0.2) is 12.1 Å². The second-order valence-electron chi connectivity index (χ2n) is 6.90. The second kappa shape index (κ2) is 7.18. The first-order chi connectivity index (χ1) is 10.2. The Kier molecular flexibility index (Phi) is 6.05. The van der Waals surface area contributed by atoms with Gasteiger partial charge in [0.15, 0.2) is 17.2 Å². The molecule has 1 aromatic carbocycles. The summed E-state index contributed by atoms with van der Waals surface area (Å²) in [7, 11) is 1.24. The zero-order valence-corrected chi connectivity index (χ0v) is 15.8. The van der Waals surface area contributed by atoms with Crippen LogP contribution in [-0.2, 0) is 11.2 Å². The van der Waals surface area contributed by atoms with E-state index in [1.807, 2.05) is 12.1 Å². The van der Waals surface area contributed by atoms with E-state index in [2.05, 4.69) is 33.9 Å². The lowest BCUT2D eigenvalue weighted by molar-refractivity contribution is -0.107. The van der Waals surface area contributed by atoms with Crippen LogP contribution in [-0.4, -0.2) is 28.8 Å². The van der Waals surface area contributed by atoms with E-state index in [0.29, 0.717) is 30.1 Å². The molecule has 0 N–H and O–H groups in total. The lowest BCUT2D eigenvalue weighted by Gasteiger charge is -2.37. The number of rotatable bonds is 7. The van der Waals surface area contributed by atoms with E-state index in [-0.39, 0.29) is 5.04 Å². The van der Waals surface area contributed by atoms with E-state index < -0.39 is 8.32 Å². The monoisotopic (exact) mass is 324 g/mol. The number of aldehydes is 1. The zero-order chi connectivity index (χ0) is 17.0. The van der Waals surface area contributed by atoms with Crippen LogP contribution in [0.1, 0.15) is 32.8 Å². The fraction of sp³-hybridized carbons (Fsp3) is 0.588. The maximum absolute atomic E-state index is 10.6. The third-order valence-corrected chi connectivity index (χ3v) is 8.56. The first-order valence-corrected chi connectivity index (χ1v) is 10.4. The Hall–Kier alpha value is -1.49. The SMILES string of the molecule is COc1cc(CCC=O)cc(OC)c1O[Si](C)(C)C(C)(C)C. The molecule has 1 rings (SSSR count). The molecule has 124 valence electrons.